The van der Waals surface area contributed by atoms with Gasteiger partial charge in [-0.2, -0.15) is 0 Å². The molecule has 2 amide bonds. The van der Waals surface area contributed by atoms with Gasteiger partial charge in [-0.3, -0.25) is 9.59 Å². The smallest absolute Gasteiger partial charge is 0.234 e. The predicted molar refractivity (Wildman–Crippen MR) is 97.2 cm³/mol. The molecule has 0 aliphatic carbocycles. The highest BCUT2D eigenvalue weighted by Gasteiger charge is 2.32. The molecule has 0 radical (unpaired) electrons. The third kappa shape index (κ3) is 5.41. The molecule has 0 unspecified atom stereocenters. The molecular formula is C17H22ClFN2O4S. The van der Waals surface area contributed by atoms with Crippen LogP contribution in [-0.4, -0.2) is 56.3 Å². The number of nitrogens with one attached hydrogen (secondary N) is 1. The first-order valence-electron chi connectivity index (χ1n) is 8.37. The maximum Gasteiger partial charge on any atom is 0.234 e. The molecule has 0 bridgehead atoms. The number of aryl methyl sites for hydroxylation is 1. The molecule has 0 aromatic heterocycles. The number of hydrogen-bond acceptors (Lipinski definition) is 4. The van der Waals surface area contributed by atoms with E-state index in [1.807, 2.05) is 0 Å². The molecule has 0 saturated carbocycles. The van der Waals surface area contributed by atoms with E-state index >= 15 is 0 Å². The fraction of sp³-hybridized carbons (Fsp3) is 0.529. The Hall–Kier alpha value is -1.67. The van der Waals surface area contributed by atoms with Crippen LogP contribution in [0.2, 0.25) is 5.02 Å². The minimum Gasteiger partial charge on any atom is -0.358 e. The molecule has 0 atom stereocenters. The first-order valence-corrected chi connectivity index (χ1v) is 10.5. The summed E-state index contributed by atoms with van der Waals surface area (Å²) in [5, 5.41) is 1.74. The number of benzene rings is 1. The van der Waals surface area contributed by atoms with Gasteiger partial charge in [-0.25, -0.2) is 12.8 Å². The van der Waals surface area contributed by atoms with Crippen molar-refractivity contribution in [2.24, 2.45) is 0 Å². The van der Waals surface area contributed by atoms with E-state index in [2.05, 4.69) is 5.32 Å². The van der Waals surface area contributed by atoms with E-state index in [1.165, 1.54) is 19.2 Å². The molecule has 144 valence electrons. The molecule has 1 aliphatic rings. The van der Waals surface area contributed by atoms with Crippen molar-refractivity contribution in [2.45, 2.75) is 30.9 Å². The van der Waals surface area contributed by atoms with Gasteiger partial charge in [-0.15, -0.1) is 0 Å². The highest BCUT2D eigenvalue weighted by atomic mass is 35.5. The number of piperidine rings is 1. The molecule has 1 aromatic carbocycles. The summed E-state index contributed by atoms with van der Waals surface area (Å²) in [6.07, 6.45) is 1.34. The van der Waals surface area contributed by atoms with Gasteiger partial charge >= 0.3 is 0 Å². The quantitative estimate of drug-likeness (QED) is 0.780. The van der Waals surface area contributed by atoms with Crippen molar-refractivity contribution in [2.75, 3.05) is 25.9 Å². The number of likely N-dealkylation sites (tertiary alicyclic amines) is 1. The Morgan fingerprint density at radius 3 is 2.54 bits per heavy atom. The van der Waals surface area contributed by atoms with Crippen LogP contribution in [0, 0.1) is 5.82 Å². The van der Waals surface area contributed by atoms with Crippen LogP contribution in [0.4, 0.5) is 4.39 Å². The van der Waals surface area contributed by atoms with E-state index < -0.39 is 32.6 Å². The van der Waals surface area contributed by atoms with Crippen LogP contribution in [0.5, 0.6) is 0 Å². The molecule has 9 heteroatoms. The molecule has 1 heterocycles. The van der Waals surface area contributed by atoms with Crippen molar-refractivity contribution in [3.8, 4) is 0 Å². The highest BCUT2D eigenvalue weighted by molar-refractivity contribution is 7.92. The van der Waals surface area contributed by atoms with Crippen molar-refractivity contribution in [3.05, 3.63) is 34.6 Å². The van der Waals surface area contributed by atoms with Gasteiger partial charge in [-0.05, 0) is 37.0 Å². The van der Waals surface area contributed by atoms with Crippen molar-refractivity contribution >= 4 is 33.3 Å². The van der Waals surface area contributed by atoms with E-state index in [1.54, 1.807) is 11.0 Å². The second-order valence-corrected chi connectivity index (χ2v) is 9.00. The molecular weight excluding hydrogens is 383 g/mol. The molecule has 1 fully saturated rings. The van der Waals surface area contributed by atoms with Gasteiger partial charge in [0.15, 0.2) is 9.84 Å². The Morgan fingerprint density at radius 2 is 1.96 bits per heavy atom. The average Bonchev–Trinajstić information content (AvgIpc) is 2.62. The second-order valence-electron chi connectivity index (χ2n) is 6.31. The van der Waals surface area contributed by atoms with Crippen LogP contribution < -0.4 is 5.32 Å². The molecule has 26 heavy (non-hydrogen) atoms. The van der Waals surface area contributed by atoms with Gasteiger partial charge in [0.25, 0.3) is 0 Å². The Balaban J connectivity index is 1.84. The van der Waals surface area contributed by atoms with Crippen LogP contribution in [-0.2, 0) is 25.8 Å². The third-order valence-corrected chi connectivity index (χ3v) is 6.97. The zero-order valence-corrected chi connectivity index (χ0v) is 16.1. The van der Waals surface area contributed by atoms with Gasteiger partial charge in [0, 0.05) is 26.6 Å². The summed E-state index contributed by atoms with van der Waals surface area (Å²) in [5.41, 5.74) is 0.771. The number of sulfone groups is 1. The third-order valence-electron chi connectivity index (χ3n) is 4.53. The van der Waals surface area contributed by atoms with Gasteiger partial charge < -0.3 is 10.2 Å². The first kappa shape index (κ1) is 20.6. The SMILES string of the molecule is CNC(=O)CS(=O)(=O)C1CCN(C(=O)CCc2ccc(F)c(Cl)c2)CC1. The van der Waals surface area contributed by atoms with Crippen LogP contribution in [0.1, 0.15) is 24.8 Å². The largest absolute Gasteiger partial charge is 0.358 e. The lowest BCUT2D eigenvalue weighted by Crippen LogP contribution is -2.44. The Bertz CT molecular complexity index is 777. The van der Waals surface area contributed by atoms with E-state index in [4.69, 9.17) is 11.6 Å². The minimum absolute atomic E-state index is 0.0251. The Morgan fingerprint density at radius 1 is 1.31 bits per heavy atom. The number of carbonyl (C=O) groups is 2. The van der Waals surface area contributed by atoms with E-state index in [0.29, 0.717) is 32.4 Å². The molecule has 6 nitrogen and oxygen atoms in total. The molecule has 1 aromatic rings. The summed E-state index contributed by atoms with van der Waals surface area (Å²) < 4.78 is 37.5. The first-order chi connectivity index (χ1) is 12.2. The summed E-state index contributed by atoms with van der Waals surface area (Å²) in [7, 11) is -2.11. The Kier molecular flexibility index (Phi) is 7.00. The zero-order valence-electron chi connectivity index (χ0n) is 14.5. The number of amides is 2. The monoisotopic (exact) mass is 404 g/mol. The normalized spacial score (nSPS) is 15.7. The molecule has 1 N–H and O–H groups in total. The Labute approximate surface area is 157 Å². The maximum absolute atomic E-state index is 13.1. The highest BCUT2D eigenvalue weighted by Crippen LogP contribution is 2.21. The maximum atomic E-state index is 13.1. The molecule has 1 saturated heterocycles. The summed E-state index contributed by atoms with van der Waals surface area (Å²) in [6.45, 7) is 0.696. The standard InChI is InChI=1S/C17H22ClFN2O4S/c1-20-16(22)11-26(24,25)13-6-8-21(9-7-13)17(23)5-3-12-2-4-15(19)14(18)10-12/h2,4,10,13H,3,5-9,11H2,1H3,(H,20,22). The topological polar surface area (TPSA) is 83.6 Å². The molecule has 2 rings (SSSR count). The van der Waals surface area contributed by atoms with Crippen molar-refractivity contribution in [1.82, 2.24) is 10.2 Å². The number of nitrogens with zero attached hydrogens (tertiary/aromatic N) is 1. The van der Waals surface area contributed by atoms with Gasteiger partial charge in [-0.1, -0.05) is 17.7 Å². The number of rotatable bonds is 6. The molecule has 1 aliphatic heterocycles. The lowest BCUT2D eigenvalue weighted by Gasteiger charge is -2.31. The van der Waals surface area contributed by atoms with Gasteiger partial charge in [0.1, 0.15) is 11.6 Å². The second kappa shape index (κ2) is 8.81. The number of halogens is 2. The van der Waals surface area contributed by atoms with Crippen molar-refractivity contribution < 1.29 is 22.4 Å². The summed E-state index contributed by atoms with van der Waals surface area (Å²) in [6, 6.07) is 4.36. The van der Waals surface area contributed by atoms with Gasteiger partial charge in [0.05, 0.1) is 10.3 Å². The summed E-state index contributed by atoms with van der Waals surface area (Å²) >= 11 is 5.73. The van der Waals surface area contributed by atoms with Crippen LogP contribution in [0.3, 0.4) is 0 Å². The predicted octanol–water partition coefficient (Wildman–Crippen LogP) is 1.56. The van der Waals surface area contributed by atoms with Gasteiger partial charge in [0.2, 0.25) is 11.8 Å². The van der Waals surface area contributed by atoms with E-state index in [9.17, 15) is 22.4 Å². The lowest BCUT2D eigenvalue weighted by molar-refractivity contribution is -0.132. The van der Waals surface area contributed by atoms with E-state index in [0.717, 1.165) is 5.56 Å². The zero-order chi connectivity index (χ0) is 19.3. The minimum atomic E-state index is -3.51. The average molecular weight is 405 g/mol. The summed E-state index contributed by atoms with van der Waals surface area (Å²) in [4.78, 5) is 25.3. The van der Waals surface area contributed by atoms with Crippen LogP contribution in [0.15, 0.2) is 18.2 Å². The fourth-order valence-electron chi connectivity index (χ4n) is 2.94. The molecule has 0 spiro atoms. The van der Waals surface area contributed by atoms with Crippen molar-refractivity contribution in [1.29, 1.82) is 0 Å². The van der Waals surface area contributed by atoms with E-state index in [-0.39, 0.29) is 17.4 Å². The summed E-state index contributed by atoms with van der Waals surface area (Å²) in [5.74, 6) is -1.62. The lowest BCUT2D eigenvalue weighted by atomic mass is 10.1. The van der Waals surface area contributed by atoms with Crippen molar-refractivity contribution in [3.63, 3.8) is 0 Å². The number of carbonyl (C=O) groups excluding carboxylic acids is 2. The number of hydrogen-bond donors (Lipinski definition) is 1. The van der Waals surface area contributed by atoms with Crippen LogP contribution in [0.25, 0.3) is 0 Å². The van der Waals surface area contributed by atoms with Crippen LogP contribution >= 0.6 is 11.6 Å². The fourth-order valence-corrected chi connectivity index (χ4v) is 4.82.